The molecule has 1 N–H and O–H groups in total. The number of halogens is 1. The number of pyridine rings is 1. The van der Waals surface area contributed by atoms with Crippen LogP contribution < -0.4 is 10.1 Å². The Morgan fingerprint density at radius 3 is 2.97 bits per heavy atom. The number of aromatic nitrogens is 5. The molecule has 4 aromatic rings. The Hall–Kier alpha value is -3.65. The first kappa shape index (κ1) is 18.4. The molecule has 1 aromatic carbocycles. The average molecular weight is 402 g/mol. The van der Waals surface area contributed by atoms with Gasteiger partial charge in [-0.15, -0.1) is 0 Å². The first-order chi connectivity index (χ1) is 14.7. The maximum absolute atomic E-state index is 14.4. The average Bonchev–Trinajstić information content (AvgIpc) is 3.29. The third-order valence-electron chi connectivity index (χ3n) is 5.10. The van der Waals surface area contributed by atoms with Gasteiger partial charge in [0.1, 0.15) is 11.6 Å². The van der Waals surface area contributed by atoms with Gasteiger partial charge in [-0.1, -0.05) is 12.1 Å². The Morgan fingerprint density at radius 1 is 1.13 bits per heavy atom. The standard InChI is InChI=1S/C22H19FN6O/c1-30-19-4-2-3-16(23)21(19)22-25-10-8-17(28-22)15-11-26-29(13-15)20-6-5-14-7-9-24-12-18(14)27-20/h2-6,8,10-11,13,24H,7,9,12H2,1H3. The van der Waals surface area contributed by atoms with Crippen LogP contribution in [0.25, 0.3) is 28.5 Å². The van der Waals surface area contributed by atoms with Gasteiger partial charge in [-0.05, 0) is 42.8 Å². The molecule has 150 valence electrons. The van der Waals surface area contributed by atoms with Crippen LogP contribution >= 0.6 is 0 Å². The largest absolute Gasteiger partial charge is 0.496 e. The summed E-state index contributed by atoms with van der Waals surface area (Å²) in [5, 5.41) is 7.78. The third kappa shape index (κ3) is 3.31. The third-order valence-corrected chi connectivity index (χ3v) is 5.10. The van der Waals surface area contributed by atoms with Crippen molar-refractivity contribution >= 4 is 0 Å². The van der Waals surface area contributed by atoms with Crippen molar-refractivity contribution in [2.24, 2.45) is 0 Å². The Bertz CT molecular complexity index is 1220. The van der Waals surface area contributed by atoms with Crippen molar-refractivity contribution in [2.45, 2.75) is 13.0 Å². The minimum atomic E-state index is -0.436. The monoisotopic (exact) mass is 402 g/mol. The summed E-state index contributed by atoms with van der Waals surface area (Å²) in [7, 11) is 1.49. The van der Waals surface area contributed by atoms with E-state index in [1.54, 1.807) is 35.3 Å². The van der Waals surface area contributed by atoms with Crippen LogP contribution in [0.15, 0.2) is 55.0 Å². The first-order valence-corrected chi connectivity index (χ1v) is 9.64. The smallest absolute Gasteiger partial charge is 0.166 e. The molecule has 7 nitrogen and oxygen atoms in total. The van der Waals surface area contributed by atoms with Gasteiger partial charge in [-0.3, -0.25) is 0 Å². The van der Waals surface area contributed by atoms with Crippen molar-refractivity contribution in [3.8, 4) is 34.2 Å². The second-order valence-electron chi connectivity index (χ2n) is 6.96. The minimum Gasteiger partial charge on any atom is -0.496 e. The SMILES string of the molecule is COc1cccc(F)c1-c1nccc(-c2cnn(-c3ccc4c(n3)CNCC4)c2)n1. The van der Waals surface area contributed by atoms with Crippen LogP contribution in [0.3, 0.4) is 0 Å². The van der Waals surface area contributed by atoms with Crippen LogP contribution in [0.2, 0.25) is 0 Å². The Labute approximate surface area is 172 Å². The van der Waals surface area contributed by atoms with E-state index < -0.39 is 5.82 Å². The summed E-state index contributed by atoms with van der Waals surface area (Å²) < 4.78 is 21.4. The second-order valence-corrected chi connectivity index (χ2v) is 6.96. The number of hydrogen-bond acceptors (Lipinski definition) is 6. The minimum absolute atomic E-state index is 0.234. The van der Waals surface area contributed by atoms with Crippen molar-refractivity contribution in [1.29, 1.82) is 0 Å². The summed E-state index contributed by atoms with van der Waals surface area (Å²) >= 11 is 0. The van der Waals surface area contributed by atoms with E-state index in [4.69, 9.17) is 9.72 Å². The molecule has 1 aliphatic rings. The van der Waals surface area contributed by atoms with Crippen LogP contribution in [0.1, 0.15) is 11.3 Å². The number of nitrogens with zero attached hydrogens (tertiary/aromatic N) is 5. The van der Waals surface area contributed by atoms with E-state index in [0.717, 1.165) is 36.6 Å². The fraction of sp³-hybridized carbons (Fsp3) is 0.182. The molecular formula is C22H19FN6O. The highest BCUT2D eigenvalue weighted by Crippen LogP contribution is 2.31. The highest BCUT2D eigenvalue weighted by atomic mass is 19.1. The molecule has 0 fully saturated rings. The molecule has 8 heteroatoms. The predicted octanol–water partition coefficient (Wildman–Crippen LogP) is 3.18. The number of ether oxygens (including phenoxy) is 1. The van der Waals surface area contributed by atoms with Crippen LogP contribution in [0.5, 0.6) is 5.75 Å². The summed E-state index contributed by atoms with van der Waals surface area (Å²) in [6, 6.07) is 10.5. The summed E-state index contributed by atoms with van der Waals surface area (Å²) in [6.45, 7) is 1.74. The molecule has 1 aliphatic heterocycles. The molecule has 0 bridgehead atoms. The van der Waals surface area contributed by atoms with Gasteiger partial charge >= 0.3 is 0 Å². The molecule has 0 saturated heterocycles. The molecule has 5 rings (SSSR count). The molecule has 4 heterocycles. The maximum atomic E-state index is 14.4. The molecule has 0 saturated carbocycles. The fourth-order valence-electron chi connectivity index (χ4n) is 3.57. The van der Waals surface area contributed by atoms with Gasteiger partial charge in [0, 0.05) is 24.5 Å². The number of benzene rings is 1. The first-order valence-electron chi connectivity index (χ1n) is 9.64. The van der Waals surface area contributed by atoms with E-state index >= 15 is 0 Å². The summed E-state index contributed by atoms with van der Waals surface area (Å²) in [5.41, 5.74) is 3.97. The van der Waals surface area contributed by atoms with Crippen LogP contribution in [0.4, 0.5) is 4.39 Å². The topological polar surface area (TPSA) is 77.8 Å². The molecule has 0 amide bonds. The Morgan fingerprint density at radius 2 is 2.07 bits per heavy atom. The maximum Gasteiger partial charge on any atom is 0.166 e. The van der Waals surface area contributed by atoms with E-state index in [2.05, 4.69) is 26.4 Å². The van der Waals surface area contributed by atoms with Gasteiger partial charge in [0.15, 0.2) is 11.6 Å². The van der Waals surface area contributed by atoms with Crippen LogP contribution in [-0.2, 0) is 13.0 Å². The zero-order valence-corrected chi connectivity index (χ0v) is 16.3. The number of fused-ring (bicyclic) bond motifs is 1. The zero-order valence-electron chi connectivity index (χ0n) is 16.3. The zero-order chi connectivity index (χ0) is 20.5. The molecule has 3 aromatic heterocycles. The lowest BCUT2D eigenvalue weighted by atomic mass is 10.1. The van der Waals surface area contributed by atoms with Crippen molar-refractivity contribution in [3.63, 3.8) is 0 Å². The Kier molecular flexibility index (Phi) is 4.68. The predicted molar refractivity (Wildman–Crippen MR) is 110 cm³/mol. The number of hydrogen-bond donors (Lipinski definition) is 1. The van der Waals surface area contributed by atoms with Crippen LogP contribution in [0, 0.1) is 5.82 Å². The molecular weight excluding hydrogens is 383 g/mol. The number of rotatable bonds is 4. The quantitative estimate of drug-likeness (QED) is 0.565. The summed E-state index contributed by atoms with van der Waals surface area (Å²) in [5.74, 6) is 0.950. The fourth-order valence-corrected chi connectivity index (χ4v) is 3.57. The van der Waals surface area contributed by atoms with Gasteiger partial charge in [0.25, 0.3) is 0 Å². The van der Waals surface area contributed by atoms with Gasteiger partial charge in [-0.25, -0.2) is 24.0 Å². The highest BCUT2D eigenvalue weighted by Gasteiger charge is 2.16. The number of methoxy groups -OCH3 is 1. The lowest BCUT2D eigenvalue weighted by Gasteiger charge is -2.16. The summed E-state index contributed by atoms with van der Waals surface area (Å²) in [4.78, 5) is 13.5. The molecule has 0 radical (unpaired) electrons. The van der Waals surface area contributed by atoms with Gasteiger partial charge in [-0.2, -0.15) is 5.10 Å². The molecule has 0 spiro atoms. The van der Waals surface area contributed by atoms with Gasteiger partial charge in [0.2, 0.25) is 0 Å². The molecule has 0 aliphatic carbocycles. The van der Waals surface area contributed by atoms with Gasteiger partial charge in [0.05, 0.1) is 30.3 Å². The lowest BCUT2D eigenvalue weighted by molar-refractivity contribution is 0.413. The second kappa shape index (κ2) is 7.64. The Balaban J connectivity index is 1.50. The molecule has 0 atom stereocenters. The normalized spacial score (nSPS) is 13.1. The van der Waals surface area contributed by atoms with E-state index in [1.807, 2.05) is 12.3 Å². The van der Waals surface area contributed by atoms with E-state index in [-0.39, 0.29) is 11.4 Å². The summed E-state index contributed by atoms with van der Waals surface area (Å²) in [6.07, 6.45) is 6.15. The van der Waals surface area contributed by atoms with Crippen molar-refractivity contribution in [2.75, 3.05) is 13.7 Å². The van der Waals surface area contributed by atoms with Crippen LogP contribution in [-0.4, -0.2) is 38.4 Å². The number of nitrogens with one attached hydrogen (secondary N) is 1. The lowest BCUT2D eigenvalue weighted by Crippen LogP contribution is -2.25. The molecule has 0 unspecified atom stereocenters. The van der Waals surface area contributed by atoms with Gasteiger partial charge < -0.3 is 10.1 Å². The van der Waals surface area contributed by atoms with E-state index in [1.165, 1.54) is 18.7 Å². The van der Waals surface area contributed by atoms with E-state index in [9.17, 15) is 4.39 Å². The van der Waals surface area contributed by atoms with Crippen molar-refractivity contribution in [1.82, 2.24) is 30.0 Å². The van der Waals surface area contributed by atoms with Crippen molar-refractivity contribution in [3.05, 3.63) is 72.1 Å². The van der Waals surface area contributed by atoms with Crippen molar-refractivity contribution < 1.29 is 9.13 Å². The molecule has 30 heavy (non-hydrogen) atoms. The van der Waals surface area contributed by atoms with E-state index in [0.29, 0.717) is 11.4 Å². The highest BCUT2D eigenvalue weighted by molar-refractivity contribution is 5.68.